The van der Waals surface area contributed by atoms with Gasteiger partial charge in [0.2, 0.25) is 0 Å². The number of carbonyl (C=O) groups excluding carboxylic acids is 1. The molecule has 0 radical (unpaired) electrons. The Morgan fingerprint density at radius 1 is 1.05 bits per heavy atom. The van der Waals surface area contributed by atoms with Crippen LogP contribution in [0.15, 0.2) is 48.5 Å². The summed E-state index contributed by atoms with van der Waals surface area (Å²) < 4.78 is 10.7. The summed E-state index contributed by atoms with van der Waals surface area (Å²) in [7, 11) is 0. The van der Waals surface area contributed by atoms with Crippen LogP contribution in [0.2, 0.25) is 0 Å². The van der Waals surface area contributed by atoms with Crippen molar-refractivity contribution < 1.29 is 14.3 Å². The largest absolute Gasteiger partial charge is 0.494 e. The minimum atomic E-state index is -0.213. The molecule has 0 saturated carbocycles. The lowest BCUT2D eigenvalue weighted by Crippen LogP contribution is -2.09. The summed E-state index contributed by atoms with van der Waals surface area (Å²) in [6, 6.07) is 15.3. The normalized spacial score (nSPS) is 10.2. The molecular weight excluding hydrogens is 264 g/mol. The predicted molar refractivity (Wildman–Crippen MR) is 82.7 cm³/mol. The summed E-state index contributed by atoms with van der Waals surface area (Å²) in [5.41, 5.74) is 2.17. The molecule has 3 heteroatoms. The average molecular weight is 284 g/mol. The van der Waals surface area contributed by atoms with Crippen molar-refractivity contribution in [2.45, 2.75) is 26.7 Å². The highest BCUT2D eigenvalue weighted by Gasteiger charge is 2.06. The minimum absolute atomic E-state index is 0.213. The van der Waals surface area contributed by atoms with Gasteiger partial charge in [0.1, 0.15) is 11.5 Å². The number of rotatable bonds is 6. The molecule has 3 nitrogen and oxygen atoms in total. The van der Waals surface area contributed by atoms with E-state index in [2.05, 4.69) is 0 Å². The lowest BCUT2D eigenvalue weighted by Gasteiger charge is -2.06. The van der Waals surface area contributed by atoms with Crippen LogP contribution in [-0.4, -0.2) is 12.6 Å². The number of ether oxygens (including phenoxy) is 2. The van der Waals surface area contributed by atoms with Gasteiger partial charge in [-0.25, -0.2) is 0 Å². The first-order valence-corrected chi connectivity index (χ1v) is 7.16. The third-order valence-corrected chi connectivity index (χ3v) is 3.07. The van der Waals surface area contributed by atoms with Gasteiger partial charge in [0.25, 0.3) is 0 Å². The Balaban J connectivity index is 1.83. The molecule has 21 heavy (non-hydrogen) atoms. The fourth-order valence-corrected chi connectivity index (χ4v) is 2.03. The Hall–Kier alpha value is -2.29. The van der Waals surface area contributed by atoms with Crippen LogP contribution in [0.25, 0.3) is 0 Å². The van der Waals surface area contributed by atoms with E-state index in [1.54, 1.807) is 6.07 Å². The quantitative estimate of drug-likeness (QED) is 0.595. The van der Waals surface area contributed by atoms with E-state index >= 15 is 0 Å². The van der Waals surface area contributed by atoms with Gasteiger partial charge in [-0.2, -0.15) is 0 Å². The Morgan fingerprint density at radius 3 is 2.48 bits per heavy atom. The fraction of sp³-hybridized carbons (Fsp3) is 0.278. The highest BCUT2D eigenvalue weighted by molar-refractivity contribution is 5.72. The second-order valence-corrected chi connectivity index (χ2v) is 4.87. The van der Waals surface area contributed by atoms with E-state index in [9.17, 15) is 4.79 Å². The van der Waals surface area contributed by atoms with Crippen molar-refractivity contribution in [3.05, 3.63) is 59.7 Å². The first-order valence-electron chi connectivity index (χ1n) is 7.16. The number of benzene rings is 2. The van der Waals surface area contributed by atoms with Gasteiger partial charge >= 0.3 is 5.97 Å². The monoisotopic (exact) mass is 284 g/mol. The van der Waals surface area contributed by atoms with Crippen LogP contribution in [0.4, 0.5) is 0 Å². The molecule has 0 saturated heterocycles. The van der Waals surface area contributed by atoms with E-state index in [1.807, 2.05) is 56.3 Å². The standard InChI is InChI=1S/C18H20O3/c1-3-20-16-10-7-15(8-11-16)9-12-18(19)21-17-6-4-5-14(2)13-17/h4-8,10-11,13H,3,9,12H2,1-2H3. The van der Waals surface area contributed by atoms with Crippen LogP contribution in [0.3, 0.4) is 0 Å². The SMILES string of the molecule is CCOc1ccc(CCC(=O)Oc2cccc(C)c2)cc1. The van der Waals surface area contributed by atoms with Crippen molar-refractivity contribution in [1.29, 1.82) is 0 Å². The molecule has 2 aromatic carbocycles. The first-order chi connectivity index (χ1) is 10.2. The number of esters is 1. The van der Waals surface area contributed by atoms with Crippen LogP contribution in [0.5, 0.6) is 11.5 Å². The maximum absolute atomic E-state index is 11.8. The van der Waals surface area contributed by atoms with Gasteiger partial charge in [0.15, 0.2) is 0 Å². The first kappa shape index (κ1) is 15.1. The van der Waals surface area contributed by atoms with Gasteiger partial charge in [-0.3, -0.25) is 4.79 Å². The smallest absolute Gasteiger partial charge is 0.311 e. The van der Waals surface area contributed by atoms with Crippen LogP contribution in [-0.2, 0) is 11.2 Å². The third kappa shape index (κ3) is 4.95. The van der Waals surface area contributed by atoms with Crippen molar-refractivity contribution in [1.82, 2.24) is 0 Å². The Labute approximate surface area is 125 Å². The summed E-state index contributed by atoms with van der Waals surface area (Å²) in [5, 5.41) is 0. The second kappa shape index (κ2) is 7.48. The lowest BCUT2D eigenvalue weighted by molar-refractivity contribution is -0.134. The maximum Gasteiger partial charge on any atom is 0.311 e. The van der Waals surface area contributed by atoms with Crippen molar-refractivity contribution in [2.24, 2.45) is 0 Å². The molecule has 0 atom stereocenters. The molecule has 0 aliphatic rings. The Kier molecular flexibility index (Phi) is 5.38. The van der Waals surface area contributed by atoms with Gasteiger partial charge in [-0.05, 0) is 55.7 Å². The fourth-order valence-electron chi connectivity index (χ4n) is 2.03. The summed E-state index contributed by atoms with van der Waals surface area (Å²) in [4.78, 5) is 11.8. The molecular formula is C18H20O3. The molecule has 2 aromatic rings. The molecule has 0 aromatic heterocycles. The molecule has 0 fully saturated rings. The second-order valence-electron chi connectivity index (χ2n) is 4.87. The molecule has 0 amide bonds. The number of hydrogen-bond acceptors (Lipinski definition) is 3. The van der Waals surface area contributed by atoms with E-state index in [0.29, 0.717) is 25.2 Å². The van der Waals surface area contributed by atoms with E-state index in [4.69, 9.17) is 9.47 Å². The molecule has 110 valence electrons. The van der Waals surface area contributed by atoms with Crippen molar-refractivity contribution in [2.75, 3.05) is 6.61 Å². The third-order valence-electron chi connectivity index (χ3n) is 3.07. The van der Waals surface area contributed by atoms with E-state index < -0.39 is 0 Å². The molecule has 0 aliphatic carbocycles. The summed E-state index contributed by atoms with van der Waals surface area (Å²) >= 11 is 0. The predicted octanol–water partition coefficient (Wildman–Crippen LogP) is 3.93. The summed E-state index contributed by atoms with van der Waals surface area (Å²) in [5.74, 6) is 1.24. The Morgan fingerprint density at radius 2 is 1.81 bits per heavy atom. The van der Waals surface area contributed by atoms with Crippen LogP contribution in [0, 0.1) is 6.92 Å². The van der Waals surface area contributed by atoms with Gasteiger partial charge < -0.3 is 9.47 Å². The van der Waals surface area contributed by atoms with Gasteiger partial charge in [-0.15, -0.1) is 0 Å². The lowest BCUT2D eigenvalue weighted by atomic mass is 10.1. The zero-order valence-electron chi connectivity index (χ0n) is 12.5. The minimum Gasteiger partial charge on any atom is -0.494 e. The highest BCUT2D eigenvalue weighted by Crippen LogP contribution is 2.15. The summed E-state index contributed by atoms with van der Waals surface area (Å²) in [6.07, 6.45) is 1.03. The molecule has 0 heterocycles. The van der Waals surface area contributed by atoms with E-state index in [1.165, 1.54) is 0 Å². The highest BCUT2D eigenvalue weighted by atomic mass is 16.5. The average Bonchev–Trinajstić information content (AvgIpc) is 2.47. The number of carbonyl (C=O) groups is 1. The van der Waals surface area contributed by atoms with Crippen LogP contribution >= 0.6 is 0 Å². The van der Waals surface area contributed by atoms with E-state index in [0.717, 1.165) is 16.9 Å². The van der Waals surface area contributed by atoms with Crippen molar-refractivity contribution >= 4 is 5.97 Å². The van der Waals surface area contributed by atoms with E-state index in [-0.39, 0.29) is 5.97 Å². The van der Waals surface area contributed by atoms with Crippen molar-refractivity contribution in [3.63, 3.8) is 0 Å². The molecule has 0 bridgehead atoms. The molecule has 0 unspecified atom stereocenters. The summed E-state index contributed by atoms with van der Waals surface area (Å²) in [6.45, 7) is 4.58. The topological polar surface area (TPSA) is 35.5 Å². The van der Waals surface area contributed by atoms with Gasteiger partial charge in [-0.1, -0.05) is 24.3 Å². The van der Waals surface area contributed by atoms with Crippen LogP contribution < -0.4 is 9.47 Å². The maximum atomic E-state index is 11.8. The van der Waals surface area contributed by atoms with Crippen LogP contribution in [0.1, 0.15) is 24.5 Å². The molecule has 0 N–H and O–H groups in total. The number of hydrogen-bond donors (Lipinski definition) is 0. The van der Waals surface area contributed by atoms with Gasteiger partial charge in [0, 0.05) is 6.42 Å². The van der Waals surface area contributed by atoms with Crippen molar-refractivity contribution in [3.8, 4) is 11.5 Å². The molecule has 2 rings (SSSR count). The molecule has 0 spiro atoms. The number of aryl methyl sites for hydroxylation is 2. The Bertz CT molecular complexity index is 588. The molecule has 0 aliphatic heterocycles. The van der Waals surface area contributed by atoms with Gasteiger partial charge in [0.05, 0.1) is 6.61 Å². The zero-order valence-corrected chi connectivity index (χ0v) is 12.5. The zero-order chi connectivity index (χ0) is 15.1.